The van der Waals surface area contributed by atoms with Crippen LogP contribution in [0.2, 0.25) is 0 Å². The molecule has 0 rings (SSSR count). The van der Waals surface area contributed by atoms with Crippen LogP contribution in [-0.4, -0.2) is 18.8 Å². The standard InChI is InChI=1S/C13H28N2O/c1-4-7-8-9-10-11-12(15-14)13(5-2)16-6-3/h4,12-13,15H,1,5-11,14H2,2-3H3. The van der Waals surface area contributed by atoms with Crippen LogP contribution in [0.3, 0.4) is 0 Å². The predicted molar refractivity (Wildman–Crippen MR) is 70.1 cm³/mol. The first-order valence-electron chi connectivity index (χ1n) is 6.48. The fourth-order valence-electron chi connectivity index (χ4n) is 1.94. The first-order chi connectivity index (χ1) is 7.79. The van der Waals surface area contributed by atoms with Crippen molar-refractivity contribution in [3.05, 3.63) is 12.7 Å². The minimum Gasteiger partial charge on any atom is -0.377 e. The topological polar surface area (TPSA) is 47.3 Å². The molecule has 0 saturated heterocycles. The Morgan fingerprint density at radius 3 is 2.56 bits per heavy atom. The van der Waals surface area contributed by atoms with E-state index < -0.39 is 0 Å². The normalized spacial score (nSPS) is 14.7. The molecule has 16 heavy (non-hydrogen) atoms. The molecule has 0 bridgehead atoms. The second-order valence-corrected chi connectivity index (χ2v) is 4.10. The zero-order valence-corrected chi connectivity index (χ0v) is 10.9. The molecule has 3 nitrogen and oxygen atoms in total. The summed E-state index contributed by atoms with van der Waals surface area (Å²) in [7, 11) is 0. The molecule has 0 aliphatic carbocycles. The zero-order valence-electron chi connectivity index (χ0n) is 10.9. The lowest BCUT2D eigenvalue weighted by atomic mass is 10.0. The monoisotopic (exact) mass is 228 g/mol. The number of hydrogen-bond acceptors (Lipinski definition) is 3. The summed E-state index contributed by atoms with van der Waals surface area (Å²) in [5.41, 5.74) is 2.88. The minimum atomic E-state index is 0.245. The molecular formula is C13H28N2O. The number of unbranched alkanes of at least 4 members (excludes halogenated alkanes) is 3. The van der Waals surface area contributed by atoms with Crippen LogP contribution in [0.25, 0.3) is 0 Å². The Balaban J connectivity index is 3.74. The van der Waals surface area contributed by atoms with Crippen LogP contribution in [0.1, 0.15) is 52.4 Å². The van der Waals surface area contributed by atoms with Gasteiger partial charge in [-0.15, -0.1) is 6.58 Å². The molecule has 0 aliphatic heterocycles. The molecule has 96 valence electrons. The van der Waals surface area contributed by atoms with Crippen molar-refractivity contribution in [1.82, 2.24) is 5.43 Å². The lowest BCUT2D eigenvalue weighted by Gasteiger charge is -2.25. The second-order valence-electron chi connectivity index (χ2n) is 4.10. The van der Waals surface area contributed by atoms with Crippen molar-refractivity contribution >= 4 is 0 Å². The van der Waals surface area contributed by atoms with E-state index >= 15 is 0 Å². The summed E-state index contributed by atoms with van der Waals surface area (Å²) >= 11 is 0. The maximum atomic E-state index is 5.66. The van der Waals surface area contributed by atoms with Crippen LogP contribution in [0.5, 0.6) is 0 Å². The van der Waals surface area contributed by atoms with E-state index in [4.69, 9.17) is 10.6 Å². The third kappa shape index (κ3) is 6.99. The summed E-state index contributed by atoms with van der Waals surface area (Å²) in [6.45, 7) is 8.65. The Hall–Kier alpha value is -0.380. The van der Waals surface area contributed by atoms with E-state index in [1.165, 1.54) is 19.3 Å². The molecule has 0 heterocycles. The fraction of sp³-hybridized carbons (Fsp3) is 0.846. The molecular weight excluding hydrogens is 200 g/mol. The van der Waals surface area contributed by atoms with E-state index in [0.717, 1.165) is 25.9 Å². The number of rotatable bonds is 11. The van der Waals surface area contributed by atoms with Gasteiger partial charge in [-0.1, -0.05) is 25.8 Å². The molecule has 0 aliphatic rings. The van der Waals surface area contributed by atoms with Crippen molar-refractivity contribution in [2.75, 3.05) is 6.61 Å². The summed E-state index contributed by atoms with van der Waals surface area (Å²) in [4.78, 5) is 0. The molecule has 0 amide bonds. The fourth-order valence-corrected chi connectivity index (χ4v) is 1.94. The Bertz CT molecular complexity index is 162. The van der Waals surface area contributed by atoms with Crippen LogP contribution in [-0.2, 0) is 4.74 Å². The molecule has 0 radical (unpaired) electrons. The van der Waals surface area contributed by atoms with Crippen LogP contribution >= 0.6 is 0 Å². The van der Waals surface area contributed by atoms with Crippen LogP contribution in [0.4, 0.5) is 0 Å². The van der Waals surface area contributed by atoms with Gasteiger partial charge in [0.2, 0.25) is 0 Å². The predicted octanol–water partition coefficient (Wildman–Crippen LogP) is 2.77. The summed E-state index contributed by atoms with van der Waals surface area (Å²) in [5.74, 6) is 5.57. The lowest BCUT2D eigenvalue weighted by molar-refractivity contribution is 0.0290. The first-order valence-corrected chi connectivity index (χ1v) is 6.48. The molecule has 2 atom stereocenters. The van der Waals surface area contributed by atoms with Crippen LogP contribution < -0.4 is 11.3 Å². The molecule has 2 unspecified atom stereocenters. The van der Waals surface area contributed by atoms with Gasteiger partial charge in [-0.25, -0.2) is 0 Å². The maximum Gasteiger partial charge on any atom is 0.0738 e. The highest BCUT2D eigenvalue weighted by Crippen LogP contribution is 2.12. The van der Waals surface area contributed by atoms with E-state index in [-0.39, 0.29) is 12.1 Å². The van der Waals surface area contributed by atoms with Gasteiger partial charge in [0.25, 0.3) is 0 Å². The van der Waals surface area contributed by atoms with Gasteiger partial charge in [0.1, 0.15) is 0 Å². The summed E-state index contributed by atoms with van der Waals surface area (Å²) < 4.78 is 5.66. The van der Waals surface area contributed by atoms with E-state index in [1.807, 2.05) is 13.0 Å². The molecule has 3 N–H and O–H groups in total. The number of ether oxygens (including phenoxy) is 1. The number of hydrogen-bond donors (Lipinski definition) is 2. The van der Waals surface area contributed by atoms with Gasteiger partial charge in [-0.05, 0) is 32.6 Å². The quantitative estimate of drug-likeness (QED) is 0.247. The van der Waals surface area contributed by atoms with Crippen molar-refractivity contribution in [2.24, 2.45) is 5.84 Å². The number of allylic oxidation sites excluding steroid dienone is 1. The van der Waals surface area contributed by atoms with Gasteiger partial charge in [0.05, 0.1) is 6.10 Å². The molecule has 3 heteroatoms. The zero-order chi connectivity index (χ0) is 12.2. The van der Waals surface area contributed by atoms with Gasteiger partial charge in [0, 0.05) is 12.6 Å². The average Bonchev–Trinajstić information content (AvgIpc) is 2.31. The lowest BCUT2D eigenvalue weighted by Crippen LogP contribution is -2.45. The van der Waals surface area contributed by atoms with Crippen molar-refractivity contribution in [3.63, 3.8) is 0 Å². The summed E-state index contributed by atoms with van der Waals surface area (Å²) in [6.07, 6.45) is 9.11. The van der Waals surface area contributed by atoms with Crippen molar-refractivity contribution < 1.29 is 4.74 Å². The highest BCUT2D eigenvalue weighted by Gasteiger charge is 2.18. The number of hydrazine groups is 1. The van der Waals surface area contributed by atoms with Gasteiger partial charge in [-0.2, -0.15) is 0 Å². The first kappa shape index (κ1) is 15.6. The highest BCUT2D eigenvalue weighted by atomic mass is 16.5. The largest absolute Gasteiger partial charge is 0.377 e. The third-order valence-corrected chi connectivity index (χ3v) is 2.87. The average molecular weight is 228 g/mol. The molecule has 0 aromatic carbocycles. The Kier molecular flexibility index (Phi) is 10.9. The minimum absolute atomic E-state index is 0.245. The van der Waals surface area contributed by atoms with E-state index in [0.29, 0.717) is 0 Å². The van der Waals surface area contributed by atoms with Gasteiger partial charge in [0.15, 0.2) is 0 Å². The Labute approximate surface area is 100 Å². The third-order valence-electron chi connectivity index (χ3n) is 2.87. The number of nitrogens with two attached hydrogens (primary N) is 1. The Morgan fingerprint density at radius 2 is 2.06 bits per heavy atom. The van der Waals surface area contributed by atoms with Gasteiger partial charge >= 0.3 is 0 Å². The molecule has 0 aromatic heterocycles. The van der Waals surface area contributed by atoms with Crippen molar-refractivity contribution in [1.29, 1.82) is 0 Å². The number of nitrogens with one attached hydrogen (secondary N) is 1. The van der Waals surface area contributed by atoms with Crippen LogP contribution in [0, 0.1) is 0 Å². The molecule has 0 spiro atoms. The summed E-state index contributed by atoms with van der Waals surface area (Å²) in [5, 5.41) is 0. The summed E-state index contributed by atoms with van der Waals surface area (Å²) in [6, 6.07) is 0.286. The molecule has 0 fully saturated rings. The molecule has 0 saturated carbocycles. The van der Waals surface area contributed by atoms with Gasteiger partial charge < -0.3 is 4.74 Å². The van der Waals surface area contributed by atoms with Crippen molar-refractivity contribution in [3.8, 4) is 0 Å². The Morgan fingerprint density at radius 1 is 1.31 bits per heavy atom. The van der Waals surface area contributed by atoms with E-state index in [2.05, 4.69) is 18.9 Å². The van der Waals surface area contributed by atoms with Crippen molar-refractivity contribution in [2.45, 2.75) is 64.5 Å². The SMILES string of the molecule is C=CCCCCCC(NN)C(CC)OCC. The molecule has 0 aromatic rings. The smallest absolute Gasteiger partial charge is 0.0738 e. The maximum absolute atomic E-state index is 5.66. The van der Waals surface area contributed by atoms with Gasteiger partial charge in [-0.3, -0.25) is 11.3 Å². The van der Waals surface area contributed by atoms with E-state index in [9.17, 15) is 0 Å². The van der Waals surface area contributed by atoms with E-state index in [1.54, 1.807) is 0 Å². The highest BCUT2D eigenvalue weighted by molar-refractivity contribution is 4.74. The van der Waals surface area contributed by atoms with Crippen LogP contribution in [0.15, 0.2) is 12.7 Å². The second kappa shape index (κ2) is 11.1.